The third kappa shape index (κ3) is 3.28. The second kappa shape index (κ2) is 6.08. The van der Waals surface area contributed by atoms with Gasteiger partial charge in [0.2, 0.25) is 0 Å². The van der Waals surface area contributed by atoms with E-state index in [1.54, 1.807) is 0 Å². The normalized spacial score (nSPS) is 15.7. The van der Waals surface area contributed by atoms with Crippen LogP contribution in [0.1, 0.15) is 49.6 Å². The highest BCUT2D eigenvalue weighted by atomic mass is 16.2. The van der Waals surface area contributed by atoms with Gasteiger partial charge in [0.1, 0.15) is 0 Å². The van der Waals surface area contributed by atoms with Gasteiger partial charge in [0.25, 0.3) is 0 Å². The Morgan fingerprint density at radius 2 is 2.05 bits per heavy atom. The van der Waals surface area contributed by atoms with Crippen molar-refractivity contribution >= 4 is 6.03 Å². The molecule has 1 aromatic heterocycles. The van der Waals surface area contributed by atoms with Crippen LogP contribution in [-0.2, 0) is 13.1 Å². The van der Waals surface area contributed by atoms with Crippen molar-refractivity contribution in [2.75, 3.05) is 0 Å². The molecule has 0 atom stereocenters. The van der Waals surface area contributed by atoms with Gasteiger partial charge in [-0.3, -0.25) is 4.68 Å². The van der Waals surface area contributed by atoms with Gasteiger partial charge in [-0.15, -0.1) is 0 Å². The fourth-order valence-corrected chi connectivity index (χ4v) is 2.77. The van der Waals surface area contributed by atoms with E-state index in [9.17, 15) is 4.79 Å². The zero-order valence-corrected chi connectivity index (χ0v) is 12.1. The van der Waals surface area contributed by atoms with E-state index in [1.807, 2.05) is 11.6 Å². The fraction of sp³-hybridized carbons (Fsp3) is 0.714. The molecule has 5 nitrogen and oxygen atoms in total. The lowest BCUT2D eigenvalue weighted by Gasteiger charge is -2.13. The maximum absolute atomic E-state index is 11.8. The average Bonchev–Trinajstić information content (AvgIpc) is 2.96. The standard InChI is InChI=1S/C14H24N4O/c1-4-18-11(3)13(10(2)17-18)9-15-14(19)16-12-7-5-6-8-12/h12H,4-9H2,1-3H3,(H2,15,16,19). The molecule has 1 heterocycles. The van der Waals surface area contributed by atoms with Crippen LogP contribution >= 0.6 is 0 Å². The van der Waals surface area contributed by atoms with Crippen LogP contribution in [0.3, 0.4) is 0 Å². The summed E-state index contributed by atoms with van der Waals surface area (Å²) < 4.78 is 1.97. The zero-order valence-electron chi connectivity index (χ0n) is 12.1. The van der Waals surface area contributed by atoms with Crippen molar-refractivity contribution < 1.29 is 4.79 Å². The van der Waals surface area contributed by atoms with Gasteiger partial charge in [-0.25, -0.2) is 4.79 Å². The smallest absolute Gasteiger partial charge is 0.315 e. The van der Waals surface area contributed by atoms with Crippen LogP contribution in [0, 0.1) is 13.8 Å². The molecular weight excluding hydrogens is 240 g/mol. The number of carbonyl (C=O) groups is 1. The van der Waals surface area contributed by atoms with Crippen molar-refractivity contribution in [3.8, 4) is 0 Å². The van der Waals surface area contributed by atoms with E-state index >= 15 is 0 Å². The van der Waals surface area contributed by atoms with Gasteiger partial charge in [0.05, 0.1) is 5.69 Å². The molecule has 2 rings (SSSR count). The van der Waals surface area contributed by atoms with Crippen molar-refractivity contribution in [1.29, 1.82) is 0 Å². The predicted molar refractivity (Wildman–Crippen MR) is 75.0 cm³/mol. The number of urea groups is 1. The molecule has 1 aliphatic carbocycles. The third-order valence-electron chi connectivity index (χ3n) is 3.95. The van der Waals surface area contributed by atoms with E-state index in [4.69, 9.17) is 0 Å². The minimum Gasteiger partial charge on any atom is -0.335 e. The van der Waals surface area contributed by atoms with Crippen molar-refractivity contribution in [2.24, 2.45) is 0 Å². The van der Waals surface area contributed by atoms with E-state index in [-0.39, 0.29) is 6.03 Å². The molecule has 0 unspecified atom stereocenters. The molecule has 0 aromatic carbocycles. The summed E-state index contributed by atoms with van der Waals surface area (Å²) in [7, 11) is 0. The first-order chi connectivity index (χ1) is 9.11. The number of nitrogens with zero attached hydrogens (tertiary/aromatic N) is 2. The number of rotatable bonds is 4. The summed E-state index contributed by atoms with van der Waals surface area (Å²) >= 11 is 0. The third-order valence-corrected chi connectivity index (χ3v) is 3.95. The number of aromatic nitrogens is 2. The highest BCUT2D eigenvalue weighted by molar-refractivity contribution is 5.74. The quantitative estimate of drug-likeness (QED) is 0.876. The van der Waals surface area contributed by atoms with E-state index in [1.165, 1.54) is 12.8 Å². The molecule has 19 heavy (non-hydrogen) atoms. The Bertz CT molecular complexity index is 447. The van der Waals surface area contributed by atoms with E-state index in [2.05, 4.69) is 29.6 Å². The van der Waals surface area contributed by atoms with Crippen molar-refractivity contribution in [1.82, 2.24) is 20.4 Å². The molecule has 1 aromatic rings. The van der Waals surface area contributed by atoms with Gasteiger partial charge in [-0.05, 0) is 33.6 Å². The Morgan fingerprint density at radius 3 is 2.63 bits per heavy atom. The summed E-state index contributed by atoms with van der Waals surface area (Å²) in [6.07, 6.45) is 4.68. The highest BCUT2D eigenvalue weighted by Crippen LogP contribution is 2.17. The maximum Gasteiger partial charge on any atom is 0.315 e. The molecule has 2 amide bonds. The van der Waals surface area contributed by atoms with E-state index in [0.29, 0.717) is 12.6 Å². The Morgan fingerprint density at radius 1 is 1.37 bits per heavy atom. The average molecular weight is 264 g/mol. The van der Waals surface area contributed by atoms with Crippen molar-refractivity contribution in [3.63, 3.8) is 0 Å². The summed E-state index contributed by atoms with van der Waals surface area (Å²) in [4.78, 5) is 11.8. The summed E-state index contributed by atoms with van der Waals surface area (Å²) in [5.41, 5.74) is 3.27. The van der Waals surface area contributed by atoms with E-state index in [0.717, 1.165) is 36.3 Å². The Kier molecular flexibility index (Phi) is 4.45. The minimum atomic E-state index is -0.0602. The fourth-order valence-electron chi connectivity index (χ4n) is 2.77. The van der Waals surface area contributed by atoms with Crippen LogP contribution in [-0.4, -0.2) is 21.9 Å². The molecule has 1 fully saturated rings. The van der Waals surface area contributed by atoms with Crippen LogP contribution in [0.15, 0.2) is 0 Å². The summed E-state index contributed by atoms with van der Waals surface area (Å²) in [5, 5.41) is 10.4. The Hall–Kier alpha value is -1.52. The van der Waals surface area contributed by atoms with Gasteiger partial charge in [0, 0.05) is 30.4 Å². The maximum atomic E-state index is 11.8. The lowest BCUT2D eigenvalue weighted by Crippen LogP contribution is -2.40. The van der Waals surface area contributed by atoms with Gasteiger partial charge in [-0.2, -0.15) is 5.10 Å². The van der Waals surface area contributed by atoms with Crippen LogP contribution in [0.25, 0.3) is 0 Å². The lowest BCUT2D eigenvalue weighted by atomic mass is 10.2. The van der Waals surface area contributed by atoms with Gasteiger partial charge < -0.3 is 10.6 Å². The second-order valence-corrected chi connectivity index (χ2v) is 5.27. The minimum absolute atomic E-state index is 0.0602. The summed E-state index contributed by atoms with van der Waals surface area (Å²) in [6, 6.07) is 0.301. The Balaban J connectivity index is 1.87. The predicted octanol–water partition coefficient (Wildman–Crippen LogP) is 2.26. The van der Waals surface area contributed by atoms with Gasteiger partial charge >= 0.3 is 6.03 Å². The monoisotopic (exact) mass is 264 g/mol. The molecule has 1 saturated carbocycles. The second-order valence-electron chi connectivity index (χ2n) is 5.27. The van der Waals surface area contributed by atoms with Crippen molar-refractivity contribution in [3.05, 3.63) is 17.0 Å². The number of aryl methyl sites for hydroxylation is 2. The number of nitrogens with one attached hydrogen (secondary N) is 2. The molecule has 0 radical (unpaired) electrons. The molecule has 2 N–H and O–H groups in total. The summed E-state index contributed by atoms with van der Waals surface area (Å²) in [5.74, 6) is 0. The molecule has 5 heteroatoms. The Labute approximate surface area is 114 Å². The van der Waals surface area contributed by atoms with Crippen LogP contribution < -0.4 is 10.6 Å². The SMILES string of the molecule is CCn1nc(C)c(CNC(=O)NC2CCCC2)c1C. The first-order valence-corrected chi connectivity index (χ1v) is 7.19. The van der Waals surface area contributed by atoms with Crippen LogP contribution in [0.2, 0.25) is 0 Å². The molecule has 1 aliphatic rings. The molecular formula is C14H24N4O. The van der Waals surface area contributed by atoms with Crippen LogP contribution in [0.5, 0.6) is 0 Å². The van der Waals surface area contributed by atoms with Gasteiger partial charge in [-0.1, -0.05) is 12.8 Å². The molecule has 0 spiro atoms. The highest BCUT2D eigenvalue weighted by Gasteiger charge is 2.17. The molecule has 106 valence electrons. The van der Waals surface area contributed by atoms with E-state index < -0.39 is 0 Å². The first kappa shape index (κ1) is 13.9. The largest absolute Gasteiger partial charge is 0.335 e. The summed E-state index contributed by atoms with van der Waals surface area (Å²) in [6.45, 7) is 7.53. The number of carbonyl (C=O) groups excluding carboxylic acids is 1. The number of hydrogen-bond acceptors (Lipinski definition) is 2. The zero-order chi connectivity index (χ0) is 13.8. The molecule has 0 saturated heterocycles. The molecule has 0 aliphatic heterocycles. The van der Waals surface area contributed by atoms with Crippen molar-refractivity contribution in [2.45, 2.75) is 65.6 Å². The molecule has 0 bridgehead atoms. The van der Waals surface area contributed by atoms with Crippen LogP contribution in [0.4, 0.5) is 4.79 Å². The topological polar surface area (TPSA) is 59.0 Å². The van der Waals surface area contributed by atoms with Gasteiger partial charge in [0.15, 0.2) is 0 Å². The number of amides is 2. The number of hydrogen-bond donors (Lipinski definition) is 2. The first-order valence-electron chi connectivity index (χ1n) is 7.19. The lowest BCUT2D eigenvalue weighted by molar-refractivity contribution is 0.236.